The van der Waals surface area contributed by atoms with Crippen molar-refractivity contribution in [2.45, 2.75) is 52.4 Å². The normalized spacial score (nSPS) is 25.1. The van der Waals surface area contributed by atoms with Gasteiger partial charge in [0.1, 0.15) is 17.9 Å². The number of halogens is 1. The lowest BCUT2D eigenvalue weighted by Gasteiger charge is -2.63. The second-order valence-corrected chi connectivity index (χ2v) is 10.4. The molecule has 2 aliphatic rings. The number of nitrogens with one attached hydrogen (secondary N) is 1. The third-order valence-electron chi connectivity index (χ3n) is 6.78. The number of hydrogen-bond acceptors (Lipinski definition) is 7. The first-order valence-electron chi connectivity index (χ1n) is 11.0. The molecule has 1 aliphatic carbocycles. The first kappa shape index (κ1) is 23.3. The van der Waals surface area contributed by atoms with Gasteiger partial charge in [0.05, 0.1) is 22.3 Å². The van der Waals surface area contributed by atoms with Crippen LogP contribution in [-0.2, 0) is 0 Å². The number of ether oxygens (including phenoxy) is 1. The molecule has 1 aromatic heterocycles. The number of nitriles is 1. The molecule has 2 fully saturated rings. The van der Waals surface area contributed by atoms with Gasteiger partial charge < -0.3 is 20.1 Å². The van der Waals surface area contributed by atoms with Gasteiger partial charge >= 0.3 is 0 Å². The van der Waals surface area contributed by atoms with Crippen LogP contribution in [0.2, 0.25) is 5.02 Å². The molecule has 0 radical (unpaired) electrons. The smallest absolute Gasteiger partial charge is 0.254 e. The highest BCUT2D eigenvalue weighted by Crippen LogP contribution is 2.55. The third-order valence-corrected chi connectivity index (χ3v) is 7.09. The van der Waals surface area contributed by atoms with Crippen LogP contribution in [0.5, 0.6) is 5.75 Å². The van der Waals surface area contributed by atoms with Gasteiger partial charge in [0.15, 0.2) is 0 Å². The maximum Gasteiger partial charge on any atom is 0.254 e. The van der Waals surface area contributed by atoms with Crippen LogP contribution in [0.15, 0.2) is 30.6 Å². The molecular formula is C24H28ClN5O3. The molecule has 2 N–H and O–H groups in total. The third kappa shape index (κ3) is 4.23. The van der Waals surface area contributed by atoms with Crippen LogP contribution in [-0.4, -0.2) is 52.3 Å². The molecule has 8 nitrogen and oxygen atoms in total. The molecule has 33 heavy (non-hydrogen) atoms. The Bertz CT molecular complexity index is 1080. The Hall–Kier alpha value is -2.89. The summed E-state index contributed by atoms with van der Waals surface area (Å²) in [6.45, 7) is 9.41. The Balaban J connectivity index is 1.43. The first-order chi connectivity index (χ1) is 15.5. The first-order valence-corrected chi connectivity index (χ1v) is 11.3. The predicted molar refractivity (Wildman–Crippen MR) is 124 cm³/mol. The predicted octanol–water partition coefficient (Wildman–Crippen LogP) is 3.18. The Morgan fingerprint density at radius 1 is 1.27 bits per heavy atom. The van der Waals surface area contributed by atoms with Crippen LogP contribution in [0, 0.1) is 22.2 Å². The molecule has 4 rings (SSSR count). The largest absolute Gasteiger partial charge is 0.489 e. The number of β-amino-alcohol motifs (C(OH)–C–C–N with tert-alkyl or cyclic N) is 1. The van der Waals surface area contributed by atoms with Gasteiger partial charge in [0.25, 0.3) is 5.91 Å². The Morgan fingerprint density at radius 2 is 1.94 bits per heavy atom. The molecule has 0 spiro atoms. The number of carbonyl (C=O) groups is 1. The van der Waals surface area contributed by atoms with Crippen LogP contribution in [0.3, 0.4) is 0 Å². The molecular weight excluding hydrogens is 442 g/mol. The lowest BCUT2D eigenvalue weighted by Crippen LogP contribution is -2.74. The topological polar surface area (TPSA) is 111 Å². The molecule has 2 aromatic rings. The zero-order valence-electron chi connectivity index (χ0n) is 19.2. The van der Waals surface area contributed by atoms with E-state index in [0.717, 1.165) is 0 Å². The van der Waals surface area contributed by atoms with E-state index in [1.165, 1.54) is 12.4 Å². The van der Waals surface area contributed by atoms with E-state index in [1.807, 2.05) is 11.0 Å². The fraction of sp³-hybridized carbons (Fsp3) is 0.500. The Kier molecular flexibility index (Phi) is 5.97. The number of nitrogens with zero attached hydrogens (tertiary/aromatic N) is 4. The van der Waals surface area contributed by atoms with Crippen LogP contribution >= 0.6 is 11.6 Å². The van der Waals surface area contributed by atoms with Crippen molar-refractivity contribution in [2.75, 3.05) is 18.0 Å². The van der Waals surface area contributed by atoms with E-state index in [2.05, 4.69) is 43.0 Å². The van der Waals surface area contributed by atoms with Gasteiger partial charge in [-0.1, -0.05) is 39.3 Å². The minimum absolute atomic E-state index is 0.148. The number of anilines is 1. The minimum atomic E-state index is -0.366. The quantitative estimate of drug-likeness (QED) is 0.691. The van der Waals surface area contributed by atoms with Gasteiger partial charge in [-0.05, 0) is 18.6 Å². The van der Waals surface area contributed by atoms with Crippen molar-refractivity contribution in [3.05, 3.63) is 46.7 Å². The molecule has 1 saturated heterocycles. The van der Waals surface area contributed by atoms with E-state index in [9.17, 15) is 9.90 Å². The van der Waals surface area contributed by atoms with Crippen molar-refractivity contribution in [1.82, 2.24) is 15.3 Å². The highest BCUT2D eigenvalue weighted by molar-refractivity contribution is 6.31. The molecule has 1 amide bonds. The van der Waals surface area contributed by atoms with E-state index in [-0.39, 0.29) is 35.0 Å². The molecule has 174 valence electrons. The summed E-state index contributed by atoms with van der Waals surface area (Å²) in [4.78, 5) is 23.5. The number of rotatable bonds is 5. The van der Waals surface area contributed by atoms with E-state index in [1.54, 1.807) is 18.2 Å². The maximum absolute atomic E-state index is 13.0. The fourth-order valence-corrected chi connectivity index (χ4v) is 5.55. The van der Waals surface area contributed by atoms with Crippen molar-refractivity contribution in [3.63, 3.8) is 0 Å². The molecule has 0 bridgehead atoms. The molecule has 1 atom stereocenters. The highest BCUT2D eigenvalue weighted by atomic mass is 35.5. The minimum Gasteiger partial charge on any atom is -0.489 e. The summed E-state index contributed by atoms with van der Waals surface area (Å²) in [5, 5.41) is 22.2. The Labute approximate surface area is 198 Å². The highest BCUT2D eigenvalue weighted by Gasteiger charge is 2.64. The fourth-order valence-electron chi connectivity index (χ4n) is 5.34. The van der Waals surface area contributed by atoms with Gasteiger partial charge in [-0.2, -0.15) is 5.26 Å². The molecule has 1 saturated carbocycles. The second kappa shape index (κ2) is 8.47. The van der Waals surface area contributed by atoms with Gasteiger partial charge in [0.2, 0.25) is 5.95 Å². The lowest BCUT2D eigenvalue weighted by atomic mass is 9.49. The number of carbonyl (C=O) groups excluding carboxylic acids is 1. The molecule has 9 heteroatoms. The van der Waals surface area contributed by atoms with Gasteiger partial charge in [-0.3, -0.25) is 4.79 Å². The average molecular weight is 470 g/mol. The zero-order valence-corrected chi connectivity index (χ0v) is 19.9. The number of hydrogen-bond donors (Lipinski definition) is 2. The molecule has 2 heterocycles. The average Bonchev–Trinajstić information content (AvgIpc) is 3.21. The van der Waals surface area contributed by atoms with Gasteiger partial charge in [-0.25, -0.2) is 9.97 Å². The van der Waals surface area contributed by atoms with Gasteiger partial charge in [-0.15, -0.1) is 0 Å². The van der Waals surface area contributed by atoms with Crippen LogP contribution < -0.4 is 15.0 Å². The van der Waals surface area contributed by atoms with E-state index < -0.39 is 0 Å². The van der Waals surface area contributed by atoms with Crippen molar-refractivity contribution in [1.29, 1.82) is 5.26 Å². The monoisotopic (exact) mass is 469 g/mol. The molecule has 1 aliphatic heterocycles. The summed E-state index contributed by atoms with van der Waals surface area (Å²) in [6, 6.07) is 6.92. The zero-order chi connectivity index (χ0) is 24.0. The van der Waals surface area contributed by atoms with Crippen LogP contribution in [0.1, 0.15) is 50.0 Å². The van der Waals surface area contributed by atoms with Crippen LogP contribution in [0.4, 0.5) is 5.95 Å². The van der Waals surface area contributed by atoms with Crippen molar-refractivity contribution in [2.24, 2.45) is 10.8 Å². The van der Waals surface area contributed by atoms with Crippen molar-refractivity contribution < 1.29 is 14.6 Å². The summed E-state index contributed by atoms with van der Waals surface area (Å²) in [5.74, 6) is 0.863. The number of aliphatic hydroxyl groups excluding tert-OH is 1. The molecule has 0 unspecified atom stereocenters. The summed E-state index contributed by atoms with van der Waals surface area (Å²) in [5.41, 5.74) is 0.0710. The maximum atomic E-state index is 13.0. The number of benzene rings is 1. The standard InChI is InChI=1S/C24H28ClN5O3/c1-23(2)20(24(3,4)21(23)33-17-6-5-14(10-26)18(25)9-17)29-19(32)15-11-27-22(28-12-15)30-8-7-16(31)13-30/h5-6,9,11-12,16,20-21,31H,7-8,13H2,1-4H3,(H,29,32)/t16-,20?,21?/m0/s1. The Morgan fingerprint density at radius 3 is 2.48 bits per heavy atom. The second-order valence-electron chi connectivity index (χ2n) is 9.96. The summed E-state index contributed by atoms with van der Waals surface area (Å²) >= 11 is 6.15. The van der Waals surface area contributed by atoms with Crippen LogP contribution in [0.25, 0.3) is 0 Å². The van der Waals surface area contributed by atoms with E-state index in [0.29, 0.717) is 47.4 Å². The van der Waals surface area contributed by atoms with E-state index in [4.69, 9.17) is 21.6 Å². The van der Waals surface area contributed by atoms with E-state index >= 15 is 0 Å². The summed E-state index contributed by atoms with van der Waals surface area (Å²) in [7, 11) is 0. The summed E-state index contributed by atoms with van der Waals surface area (Å²) < 4.78 is 6.26. The lowest BCUT2D eigenvalue weighted by molar-refractivity contribution is -0.164. The SMILES string of the molecule is CC1(C)C(NC(=O)c2cnc(N3CC[C@H](O)C3)nc2)C(C)(C)C1Oc1ccc(C#N)c(Cl)c1. The molecule has 1 aromatic carbocycles. The van der Waals surface area contributed by atoms with Gasteiger partial charge in [0, 0.05) is 48.4 Å². The summed E-state index contributed by atoms with van der Waals surface area (Å²) in [6.07, 6.45) is 3.19. The number of aliphatic hydroxyl groups is 1. The van der Waals surface area contributed by atoms with Crippen molar-refractivity contribution >= 4 is 23.5 Å². The number of aromatic nitrogens is 2. The number of amides is 1. The van der Waals surface area contributed by atoms with Crippen molar-refractivity contribution in [3.8, 4) is 11.8 Å².